The number of carbonyl (C=O) groups excluding carboxylic acids is 1. The number of carbonyl (C=O) groups is 1. The zero-order valence-corrected chi connectivity index (χ0v) is 14.1. The largest absolute Gasteiger partial charge is 0.325 e. The van der Waals surface area contributed by atoms with Crippen molar-refractivity contribution in [3.8, 4) is 11.3 Å². The van der Waals surface area contributed by atoms with Crippen LogP contribution >= 0.6 is 23.7 Å². The van der Waals surface area contributed by atoms with Gasteiger partial charge in [-0.25, -0.2) is 4.98 Å². The van der Waals surface area contributed by atoms with Crippen LogP contribution in [0.15, 0.2) is 29.6 Å². The number of hydrogen-bond acceptors (Lipinski definition) is 4. The Morgan fingerprint density at radius 1 is 1.41 bits per heavy atom. The summed E-state index contributed by atoms with van der Waals surface area (Å²) in [6, 6.07) is 7.80. The summed E-state index contributed by atoms with van der Waals surface area (Å²) >= 11 is 1.63. The summed E-state index contributed by atoms with van der Waals surface area (Å²) in [5, 5.41) is 9.36. The first-order valence-electron chi connectivity index (χ1n) is 7.29. The Hall–Kier alpha value is -1.43. The van der Waals surface area contributed by atoms with Crippen molar-refractivity contribution < 1.29 is 4.79 Å². The molecule has 0 aliphatic carbocycles. The van der Waals surface area contributed by atoms with Gasteiger partial charge in [0.2, 0.25) is 5.91 Å². The van der Waals surface area contributed by atoms with Gasteiger partial charge in [-0.15, -0.1) is 23.7 Å². The van der Waals surface area contributed by atoms with E-state index < -0.39 is 0 Å². The number of anilines is 1. The molecule has 0 bridgehead atoms. The highest BCUT2D eigenvalue weighted by molar-refractivity contribution is 7.09. The van der Waals surface area contributed by atoms with Crippen molar-refractivity contribution in [2.24, 2.45) is 0 Å². The molecule has 1 aromatic carbocycles. The number of aromatic nitrogens is 1. The topological polar surface area (TPSA) is 54.0 Å². The van der Waals surface area contributed by atoms with E-state index in [1.54, 1.807) is 11.3 Å². The Bertz CT molecular complexity index is 638. The molecule has 22 heavy (non-hydrogen) atoms. The molecular formula is C16H20ClN3OS. The van der Waals surface area contributed by atoms with Crippen LogP contribution < -0.4 is 10.6 Å². The Morgan fingerprint density at radius 3 is 2.95 bits per heavy atom. The van der Waals surface area contributed by atoms with Crippen molar-refractivity contribution in [3.05, 3.63) is 34.7 Å². The van der Waals surface area contributed by atoms with E-state index in [0.717, 1.165) is 47.8 Å². The van der Waals surface area contributed by atoms with Gasteiger partial charge in [0.15, 0.2) is 0 Å². The molecule has 0 radical (unpaired) electrons. The molecule has 1 aliphatic rings. The summed E-state index contributed by atoms with van der Waals surface area (Å²) in [5.41, 5.74) is 2.83. The Kier molecular flexibility index (Phi) is 5.94. The highest BCUT2D eigenvalue weighted by Crippen LogP contribution is 2.24. The molecule has 2 aromatic rings. The summed E-state index contributed by atoms with van der Waals surface area (Å²) < 4.78 is 0. The molecule has 2 heterocycles. The van der Waals surface area contributed by atoms with Gasteiger partial charge in [-0.05, 0) is 38.4 Å². The highest BCUT2D eigenvalue weighted by Gasteiger charge is 2.20. The Morgan fingerprint density at radius 2 is 2.27 bits per heavy atom. The lowest BCUT2D eigenvalue weighted by molar-refractivity contribution is -0.118. The second-order valence-corrected chi connectivity index (χ2v) is 6.39. The number of nitrogens with one attached hydrogen (secondary N) is 2. The van der Waals surface area contributed by atoms with Crippen LogP contribution in [0.4, 0.5) is 5.69 Å². The van der Waals surface area contributed by atoms with E-state index in [9.17, 15) is 4.79 Å². The lowest BCUT2D eigenvalue weighted by atomic mass is 10.0. The summed E-state index contributed by atoms with van der Waals surface area (Å²) in [4.78, 5) is 16.7. The van der Waals surface area contributed by atoms with Crippen LogP contribution in [-0.4, -0.2) is 23.5 Å². The minimum Gasteiger partial charge on any atom is -0.325 e. The second-order valence-electron chi connectivity index (χ2n) is 5.32. The number of rotatable bonds is 3. The Balaban J connectivity index is 0.00000176. The highest BCUT2D eigenvalue weighted by atomic mass is 35.5. The fourth-order valence-electron chi connectivity index (χ4n) is 2.56. The van der Waals surface area contributed by atoms with Crippen LogP contribution in [0, 0.1) is 6.92 Å². The molecule has 6 heteroatoms. The maximum atomic E-state index is 12.2. The van der Waals surface area contributed by atoms with Gasteiger partial charge in [0.05, 0.1) is 16.7 Å². The van der Waals surface area contributed by atoms with Gasteiger partial charge < -0.3 is 10.6 Å². The fraction of sp³-hybridized carbons (Fsp3) is 0.375. The first-order chi connectivity index (χ1) is 10.2. The number of piperidine rings is 1. The number of aryl methyl sites for hydroxylation is 1. The van der Waals surface area contributed by atoms with Crippen LogP contribution in [0.25, 0.3) is 11.3 Å². The van der Waals surface area contributed by atoms with Gasteiger partial charge in [0, 0.05) is 16.6 Å². The second kappa shape index (κ2) is 7.72. The maximum absolute atomic E-state index is 12.2. The minimum absolute atomic E-state index is 0. The van der Waals surface area contributed by atoms with Crippen LogP contribution in [0.2, 0.25) is 0 Å². The van der Waals surface area contributed by atoms with Crippen molar-refractivity contribution in [3.63, 3.8) is 0 Å². The summed E-state index contributed by atoms with van der Waals surface area (Å²) in [6.45, 7) is 2.92. The van der Waals surface area contributed by atoms with Crippen molar-refractivity contribution in [1.82, 2.24) is 10.3 Å². The standard InChI is InChI=1S/C16H19N3OS.ClH/c1-11-18-15(10-21-11)12-5-4-6-13(9-12)19-16(20)14-7-2-3-8-17-14;/h4-6,9-10,14,17H,2-3,7-8H2,1H3,(H,19,20);1H/t14-;/m0./s1. The number of halogens is 1. The van der Waals surface area contributed by atoms with Crippen LogP contribution in [0.5, 0.6) is 0 Å². The van der Waals surface area contributed by atoms with E-state index in [1.807, 2.05) is 36.6 Å². The minimum atomic E-state index is -0.0658. The lowest BCUT2D eigenvalue weighted by Gasteiger charge is -2.22. The molecule has 1 saturated heterocycles. The van der Waals surface area contributed by atoms with Crippen molar-refractivity contribution >= 4 is 35.3 Å². The van der Waals surface area contributed by atoms with Gasteiger partial charge >= 0.3 is 0 Å². The predicted molar refractivity (Wildman–Crippen MR) is 93.8 cm³/mol. The summed E-state index contributed by atoms with van der Waals surface area (Å²) in [5.74, 6) is 0.0568. The number of nitrogens with zero attached hydrogens (tertiary/aromatic N) is 1. The van der Waals surface area contributed by atoms with E-state index in [2.05, 4.69) is 15.6 Å². The molecule has 0 spiro atoms. The third-order valence-corrected chi connectivity index (χ3v) is 4.45. The normalized spacial score (nSPS) is 17.6. The van der Waals surface area contributed by atoms with Gasteiger partial charge in [-0.3, -0.25) is 4.79 Å². The average molecular weight is 338 g/mol. The predicted octanol–water partition coefficient (Wildman–Crippen LogP) is 3.62. The molecule has 1 aromatic heterocycles. The maximum Gasteiger partial charge on any atom is 0.241 e. The average Bonchev–Trinajstić information content (AvgIpc) is 2.95. The van der Waals surface area contributed by atoms with Crippen LogP contribution in [0.3, 0.4) is 0 Å². The molecule has 1 fully saturated rings. The summed E-state index contributed by atoms with van der Waals surface area (Å²) in [6.07, 6.45) is 3.18. The van der Waals surface area contributed by atoms with Crippen LogP contribution in [-0.2, 0) is 4.79 Å². The number of thiazole rings is 1. The van der Waals surface area contributed by atoms with E-state index in [4.69, 9.17) is 0 Å². The first kappa shape index (κ1) is 16.9. The third kappa shape index (κ3) is 4.06. The summed E-state index contributed by atoms with van der Waals surface area (Å²) in [7, 11) is 0. The molecule has 2 N–H and O–H groups in total. The molecule has 1 amide bonds. The van der Waals surface area contributed by atoms with E-state index in [-0.39, 0.29) is 24.4 Å². The molecule has 1 atom stereocenters. The van der Waals surface area contributed by atoms with Crippen molar-refractivity contribution in [1.29, 1.82) is 0 Å². The monoisotopic (exact) mass is 337 g/mol. The smallest absolute Gasteiger partial charge is 0.241 e. The molecule has 0 unspecified atom stereocenters. The fourth-order valence-corrected chi connectivity index (χ4v) is 3.18. The quantitative estimate of drug-likeness (QED) is 0.899. The number of amides is 1. The van der Waals surface area contributed by atoms with Gasteiger partial charge in [0.1, 0.15) is 0 Å². The van der Waals surface area contributed by atoms with E-state index in [1.165, 1.54) is 0 Å². The van der Waals surface area contributed by atoms with Gasteiger partial charge in [-0.2, -0.15) is 0 Å². The Labute approximate surface area is 140 Å². The van der Waals surface area contributed by atoms with Crippen LogP contribution in [0.1, 0.15) is 24.3 Å². The van der Waals surface area contributed by atoms with Crippen molar-refractivity contribution in [2.75, 3.05) is 11.9 Å². The van der Waals surface area contributed by atoms with E-state index >= 15 is 0 Å². The first-order valence-corrected chi connectivity index (χ1v) is 8.17. The zero-order chi connectivity index (χ0) is 14.7. The molecule has 0 saturated carbocycles. The third-order valence-electron chi connectivity index (χ3n) is 3.67. The van der Waals surface area contributed by atoms with Gasteiger partial charge in [-0.1, -0.05) is 18.6 Å². The SMILES string of the molecule is Cc1nc(-c2cccc(NC(=O)[C@@H]3CCCCN3)c2)cs1.Cl. The molecule has 4 nitrogen and oxygen atoms in total. The van der Waals surface area contributed by atoms with E-state index in [0.29, 0.717) is 0 Å². The molecule has 3 rings (SSSR count). The number of benzene rings is 1. The number of hydrogen-bond donors (Lipinski definition) is 2. The molecular weight excluding hydrogens is 318 g/mol. The lowest BCUT2D eigenvalue weighted by Crippen LogP contribution is -2.43. The van der Waals surface area contributed by atoms with Crippen molar-refractivity contribution in [2.45, 2.75) is 32.2 Å². The zero-order valence-electron chi connectivity index (χ0n) is 12.5. The van der Waals surface area contributed by atoms with Gasteiger partial charge in [0.25, 0.3) is 0 Å². The molecule has 1 aliphatic heterocycles. The molecule has 118 valence electrons.